The zero-order valence-electron chi connectivity index (χ0n) is 15.2. The Bertz CT molecular complexity index is 942. The maximum absolute atomic E-state index is 6.14. The van der Waals surface area contributed by atoms with E-state index in [4.69, 9.17) is 16.3 Å². The zero-order valence-corrected chi connectivity index (χ0v) is 19.1. The van der Waals surface area contributed by atoms with Crippen molar-refractivity contribution in [1.82, 2.24) is 0 Å². The number of ether oxygens (including phenoxy) is 1. The molecule has 3 aromatic carbocycles. The van der Waals surface area contributed by atoms with E-state index in [1.807, 2.05) is 30.3 Å². The lowest BCUT2D eigenvalue weighted by Crippen LogP contribution is -2.06. The highest BCUT2D eigenvalue weighted by Gasteiger charge is 2.12. The second-order valence-corrected chi connectivity index (χ2v) is 8.60. The van der Waals surface area contributed by atoms with Crippen molar-refractivity contribution in [3.8, 4) is 5.75 Å². The lowest BCUT2D eigenvalue weighted by atomic mass is 10.1. The molecule has 0 aromatic heterocycles. The summed E-state index contributed by atoms with van der Waals surface area (Å²) in [5, 5.41) is 4.26. The van der Waals surface area contributed by atoms with Crippen molar-refractivity contribution in [3.63, 3.8) is 0 Å². The first kappa shape index (κ1) is 20.2. The molecule has 0 spiro atoms. The van der Waals surface area contributed by atoms with Gasteiger partial charge in [-0.2, -0.15) is 0 Å². The first-order valence-corrected chi connectivity index (χ1v) is 10.6. The van der Waals surface area contributed by atoms with Crippen molar-refractivity contribution in [2.24, 2.45) is 0 Å². The van der Waals surface area contributed by atoms with E-state index in [1.54, 1.807) is 0 Å². The molecule has 1 N–H and O–H groups in total. The Morgan fingerprint density at radius 2 is 1.74 bits per heavy atom. The molecule has 3 rings (SSSR count). The van der Waals surface area contributed by atoms with Crippen molar-refractivity contribution < 1.29 is 4.74 Å². The molecule has 140 valence electrons. The van der Waals surface area contributed by atoms with Crippen LogP contribution in [0, 0.1) is 13.8 Å². The Kier molecular flexibility index (Phi) is 6.85. The van der Waals surface area contributed by atoms with E-state index in [-0.39, 0.29) is 0 Å². The molecule has 0 bridgehead atoms. The summed E-state index contributed by atoms with van der Waals surface area (Å²) in [6.45, 7) is 5.40. The Balaban J connectivity index is 1.79. The van der Waals surface area contributed by atoms with Crippen molar-refractivity contribution in [2.45, 2.75) is 27.0 Å². The number of halogens is 3. The van der Waals surface area contributed by atoms with Gasteiger partial charge in [-0.3, -0.25) is 0 Å². The summed E-state index contributed by atoms with van der Waals surface area (Å²) in [7, 11) is 0. The third-order valence-corrected chi connectivity index (χ3v) is 5.75. The molecular weight excluding hydrogens is 490 g/mol. The van der Waals surface area contributed by atoms with Crippen LogP contribution in [0.25, 0.3) is 0 Å². The maximum atomic E-state index is 6.14. The van der Waals surface area contributed by atoms with Crippen LogP contribution < -0.4 is 10.1 Å². The molecule has 3 aromatic rings. The molecule has 0 radical (unpaired) electrons. The fourth-order valence-electron chi connectivity index (χ4n) is 2.78. The fourth-order valence-corrected chi connectivity index (χ4v) is 4.33. The van der Waals surface area contributed by atoms with E-state index in [2.05, 4.69) is 75.3 Å². The standard InChI is InChI=1S/C22H20Br2ClNO/c1-14-4-3-5-21(15(14)2)26-12-17-10-18(23)11-20(24)22(17)27-13-16-6-8-19(25)9-7-16/h3-11,26H,12-13H2,1-2H3. The highest BCUT2D eigenvalue weighted by Crippen LogP contribution is 2.34. The van der Waals surface area contributed by atoms with Gasteiger partial charge in [0.15, 0.2) is 0 Å². The first-order valence-electron chi connectivity index (χ1n) is 8.59. The summed E-state index contributed by atoms with van der Waals surface area (Å²) in [4.78, 5) is 0. The van der Waals surface area contributed by atoms with Gasteiger partial charge in [-0.05, 0) is 76.8 Å². The quantitative estimate of drug-likeness (QED) is 0.368. The van der Waals surface area contributed by atoms with Crippen LogP contribution in [0.2, 0.25) is 5.02 Å². The van der Waals surface area contributed by atoms with Crippen molar-refractivity contribution in [1.29, 1.82) is 0 Å². The van der Waals surface area contributed by atoms with Gasteiger partial charge in [0, 0.05) is 27.3 Å². The Labute approximate surface area is 182 Å². The topological polar surface area (TPSA) is 21.3 Å². The Morgan fingerprint density at radius 1 is 1.00 bits per heavy atom. The van der Waals surface area contributed by atoms with Gasteiger partial charge < -0.3 is 10.1 Å². The van der Waals surface area contributed by atoms with Crippen LogP contribution in [-0.4, -0.2) is 0 Å². The SMILES string of the molecule is Cc1cccc(NCc2cc(Br)cc(Br)c2OCc2ccc(Cl)cc2)c1C. The smallest absolute Gasteiger partial charge is 0.139 e. The van der Waals surface area contributed by atoms with E-state index in [1.165, 1.54) is 11.1 Å². The number of rotatable bonds is 6. The molecule has 0 fully saturated rings. The van der Waals surface area contributed by atoms with E-state index >= 15 is 0 Å². The van der Waals surface area contributed by atoms with Crippen LogP contribution in [0.3, 0.4) is 0 Å². The van der Waals surface area contributed by atoms with Crippen LogP contribution in [0.15, 0.2) is 63.5 Å². The molecule has 0 aliphatic carbocycles. The Morgan fingerprint density at radius 3 is 2.48 bits per heavy atom. The van der Waals surface area contributed by atoms with Gasteiger partial charge >= 0.3 is 0 Å². The number of benzene rings is 3. The summed E-state index contributed by atoms with van der Waals surface area (Å²) >= 11 is 13.2. The molecular formula is C22H20Br2ClNO. The summed E-state index contributed by atoms with van der Waals surface area (Å²) in [6, 6.07) is 18.1. The highest BCUT2D eigenvalue weighted by molar-refractivity contribution is 9.11. The minimum Gasteiger partial charge on any atom is -0.487 e. The lowest BCUT2D eigenvalue weighted by Gasteiger charge is -2.17. The Hall–Kier alpha value is -1.49. The third-order valence-electron chi connectivity index (χ3n) is 4.46. The highest BCUT2D eigenvalue weighted by atomic mass is 79.9. The van der Waals surface area contributed by atoms with E-state index in [9.17, 15) is 0 Å². The van der Waals surface area contributed by atoms with Gasteiger partial charge in [-0.15, -0.1) is 0 Å². The van der Waals surface area contributed by atoms with Gasteiger partial charge in [0.1, 0.15) is 12.4 Å². The molecule has 0 saturated carbocycles. The van der Waals surface area contributed by atoms with Gasteiger partial charge in [0.2, 0.25) is 0 Å². The van der Waals surface area contributed by atoms with E-state index in [0.29, 0.717) is 13.2 Å². The zero-order chi connectivity index (χ0) is 19.4. The largest absolute Gasteiger partial charge is 0.487 e. The van der Waals surface area contributed by atoms with Gasteiger partial charge in [-0.25, -0.2) is 0 Å². The molecule has 5 heteroatoms. The predicted molar refractivity (Wildman–Crippen MR) is 121 cm³/mol. The predicted octanol–water partition coefficient (Wildman–Crippen LogP) is 7.67. The maximum Gasteiger partial charge on any atom is 0.139 e. The summed E-state index contributed by atoms with van der Waals surface area (Å²) in [5.41, 5.74) is 5.81. The molecule has 2 nitrogen and oxygen atoms in total. The second kappa shape index (κ2) is 9.13. The molecule has 0 saturated heterocycles. The summed E-state index contributed by atoms with van der Waals surface area (Å²) in [6.07, 6.45) is 0. The molecule has 0 aliphatic rings. The molecule has 27 heavy (non-hydrogen) atoms. The van der Waals surface area contributed by atoms with E-state index < -0.39 is 0 Å². The average molecular weight is 510 g/mol. The summed E-state index contributed by atoms with van der Waals surface area (Å²) < 4.78 is 8.07. The normalized spacial score (nSPS) is 10.7. The molecule has 0 atom stereocenters. The van der Waals surface area contributed by atoms with Gasteiger partial charge in [0.25, 0.3) is 0 Å². The minimum atomic E-state index is 0.480. The van der Waals surface area contributed by atoms with Gasteiger partial charge in [-0.1, -0.05) is 51.8 Å². The van der Waals surface area contributed by atoms with Crippen LogP contribution in [0.4, 0.5) is 5.69 Å². The second-order valence-electron chi connectivity index (χ2n) is 6.39. The molecule has 0 aliphatic heterocycles. The molecule has 0 amide bonds. The lowest BCUT2D eigenvalue weighted by molar-refractivity contribution is 0.301. The first-order chi connectivity index (χ1) is 12.9. The van der Waals surface area contributed by atoms with Crippen molar-refractivity contribution in [3.05, 3.63) is 90.8 Å². The van der Waals surface area contributed by atoms with Crippen molar-refractivity contribution >= 4 is 49.1 Å². The van der Waals surface area contributed by atoms with Crippen LogP contribution >= 0.6 is 43.5 Å². The third kappa shape index (κ3) is 5.28. The number of hydrogen-bond donors (Lipinski definition) is 1. The average Bonchev–Trinajstić information content (AvgIpc) is 2.63. The van der Waals surface area contributed by atoms with Crippen LogP contribution in [-0.2, 0) is 13.2 Å². The van der Waals surface area contributed by atoms with Crippen LogP contribution in [0.5, 0.6) is 5.75 Å². The summed E-state index contributed by atoms with van der Waals surface area (Å²) in [5.74, 6) is 0.839. The number of anilines is 1. The minimum absolute atomic E-state index is 0.480. The number of nitrogens with one attached hydrogen (secondary N) is 1. The molecule has 0 unspecified atom stereocenters. The van der Waals surface area contributed by atoms with Gasteiger partial charge in [0.05, 0.1) is 4.47 Å². The number of aryl methyl sites for hydroxylation is 1. The monoisotopic (exact) mass is 507 g/mol. The molecule has 0 heterocycles. The number of hydrogen-bond acceptors (Lipinski definition) is 2. The van der Waals surface area contributed by atoms with Crippen molar-refractivity contribution in [2.75, 3.05) is 5.32 Å². The fraction of sp³-hybridized carbons (Fsp3) is 0.182. The van der Waals surface area contributed by atoms with Crippen LogP contribution in [0.1, 0.15) is 22.3 Å². The van der Waals surface area contributed by atoms with E-state index in [0.717, 1.165) is 36.5 Å².